The molecule has 26 heavy (non-hydrogen) atoms. The standard InChI is InChI=1S/C19H24Cl2N2O2S/c1-12(2)26-17(14-7-6-13(20)10-15(14)21)16(23-9-8-22-11-23)18(24)25-19(3,4)5/h6-12,16-17H,1-5H3. The van der Waals surface area contributed by atoms with Crippen LogP contribution < -0.4 is 0 Å². The van der Waals surface area contributed by atoms with Gasteiger partial charge in [-0.2, -0.15) is 0 Å². The van der Waals surface area contributed by atoms with E-state index in [4.69, 9.17) is 27.9 Å². The van der Waals surface area contributed by atoms with E-state index in [0.717, 1.165) is 5.56 Å². The number of carbonyl (C=O) groups excluding carboxylic acids is 1. The van der Waals surface area contributed by atoms with Gasteiger partial charge in [-0.25, -0.2) is 9.78 Å². The topological polar surface area (TPSA) is 44.1 Å². The summed E-state index contributed by atoms with van der Waals surface area (Å²) < 4.78 is 7.48. The molecule has 0 aliphatic rings. The molecule has 0 aliphatic carbocycles. The Kier molecular flexibility index (Phi) is 7.05. The fourth-order valence-corrected chi connectivity index (χ4v) is 4.47. The lowest BCUT2D eigenvalue weighted by Crippen LogP contribution is -2.33. The van der Waals surface area contributed by atoms with Crippen molar-refractivity contribution in [1.29, 1.82) is 0 Å². The maximum atomic E-state index is 13.1. The Labute approximate surface area is 169 Å². The van der Waals surface area contributed by atoms with Gasteiger partial charge in [0.2, 0.25) is 0 Å². The molecular weight excluding hydrogens is 391 g/mol. The Morgan fingerprint density at radius 2 is 1.96 bits per heavy atom. The molecule has 2 unspecified atom stereocenters. The first kappa shape index (κ1) is 21.1. The highest BCUT2D eigenvalue weighted by Crippen LogP contribution is 2.45. The summed E-state index contributed by atoms with van der Waals surface area (Å²) in [6, 6.07) is 4.77. The first-order valence-electron chi connectivity index (χ1n) is 8.39. The summed E-state index contributed by atoms with van der Waals surface area (Å²) >= 11 is 14.2. The predicted octanol–water partition coefficient (Wildman–Crippen LogP) is 5.96. The predicted molar refractivity (Wildman–Crippen MR) is 109 cm³/mol. The molecule has 0 bridgehead atoms. The zero-order chi connectivity index (χ0) is 19.5. The molecule has 0 radical (unpaired) electrons. The first-order valence-corrected chi connectivity index (χ1v) is 10.1. The van der Waals surface area contributed by atoms with Gasteiger partial charge in [0.05, 0.1) is 11.6 Å². The SMILES string of the molecule is CC(C)SC(c1ccc(Cl)cc1Cl)C(C(=O)OC(C)(C)C)n1ccnc1. The number of rotatable bonds is 6. The van der Waals surface area contributed by atoms with Gasteiger partial charge in [-0.3, -0.25) is 0 Å². The van der Waals surface area contributed by atoms with Crippen molar-refractivity contribution in [2.45, 2.75) is 56.8 Å². The number of aromatic nitrogens is 2. The number of benzene rings is 1. The molecule has 0 fully saturated rings. The number of halogens is 2. The summed E-state index contributed by atoms with van der Waals surface area (Å²) in [5.74, 6) is -0.320. The second-order valence-electron chi connectivity index (χ2n) is 7.26. The summed E-state index contributed by atoms with van der Waals surface area (Å²) in [5, 5.41) is 1.12. The zero-order valence-corrected chi connectivity index (χ0v) is 17.9. The highest BCUT2D eigenvalue weighted by Gasteiger charge is 2.36. The van der Waals surface area contributed by atoms with E-state index in [-0.39, 0.29) is 16.5 Å². The molecule has 7 heteroatoms. The van der Waals surface area contributed by atoms with Gasteiger partial charge in [-0.1, -0.05) is 43.1 Å². The van der Waals surface area contributed by atoms with Crippen LogP contribution in [0.4, 0.5) is 0 Å². The van der Waals surface area contributed by atoms with Crippen molar-refractivity contribution in [3.05, 3.63) is 52.5 Å². The second kappa shape index (κ2) is 8.68. The van der Waals surface area contributed by atoms with Crippen LogP contribution in [0.3, 0.4) is 0 Å². The number of nitrogens with zero attached hydrogens (tertiary/aromatic N) is 2. The summed E-state index contributed by atoms with van der Waals surface area (Å²) in [4.78, 5) is 17.2. The molecule has 0 saturated heterocycles. The number of hydrogen-bond donors (Lipinski definition) is 0. The van der Waals surface area contributed by atoms with Gasteiger partial charge < -0.3 is 9.30 Å². The number of hydrogen-bond acceptors (Lipinski definition) is 4. The van der Waals surface area contributed by atoms with E-state index in [1.54, 1.807) is 47.2 Å². The molecule has 2 rings (SSSR count). The monoisotopic (exact) mass is 414 g/mol. The van der Waals surface area contributed by atoms with Crippen LogP contribution in [-0.4, -0.2) is 26.4 Å². The van der Waals surface area contributed by atoms with E-state index in [1.807, 2.05) is 26.8 Å². The lowest BCUT2D eigenvalue weighted by Gasteiger charge is -2.31. The fraction of sp³-hybridized carbons (Fsp3) is 0.474. The molecular formula is C19H24Cl2N2O2S. The zero-order valence-electron chi connectivity index (χ0n) is 15.6. The minimum absolute atomic E-state index is 0.246. The number of imidazole rings is 1. The van der Waals surface area contributed by atoms with Crippen molar-refractivity contribution in [2.24, 2.45) is 0 Å². The lowest BCUT2D eigenvalue weighted by molar-refractivity contribution is -0.159. The Morgan fingerprint density at radius 1 is 1.27 bits per heavy atom. The maximum absolute atomic E-state index is 13.1. The van der Waals surface area contributed by atoms with Crippen molar-refractivity contribution in [1.82, 2.24) is 9.55 Å². The Balaban J connectivity index is 2.53. The second-order valence-corrected chi connectivity index (χ2v) is 9.83. The fourth-order valence-electron chi connectivity index (χ4n) is 2.54. The minimum atomic E-state index is -0.595. The van der Waals surface area contributed by atoms with E-state index in [1.165, 1.54) is 0 Å². The molecule has 0 saturated carbocycles. The molecule has 0 spiro atoms. The van der Waals surface area contributed by atoms with Crippen LogP contribution in [0.15, 0.2) is 36.9 Å². The molecule has 1 aromatic heterocycles. The van der Waals surface area contributed by atoms with Crippen molar-refractivity contribution in [3.8, 4) is 0 Å². The van der Waals surface area contributed by atoms with Crippen LogP contribution in [0.5, 0.6) is 0 Å². The van der Waals surface area contributed by atoms with E-state index in [2.05, 4.69) is 18.8 Å². The van der Waals surface area contributed by atoms with Crippen molar-refractivity contribution in [2.75, 3.05) is 0 Å². The molecule has 0 N–H and O–H groups in total. The Hall–Kier alpha value is -1.17. The normalized spacial score (nSPS) is 14.3. The quantitative estimate of drug-likeness (QED) is 0.547. The highest BCUT2D eigenvalue weighted by atomic mass is 35.5. The molecule has 2 aromatic rings. The number of esters is 1. The molecule has 1 heterocycles. The van der Waals surface area contributed by atoms with E-state index in [9.17, 15) is 4.79 Å². The number of ether oxygens (including phenoxy) is 1. The third kappa shape index (κ3) is 5.66. The van der Waals surface area contributed by atoms with Crippen LogP contribution in [-0.2, 0) is 9.53 Å². The van der Waals surface area contributed by atoms with Gasteiger partial charge in [0.15, 0.2) is 0 Å². The molecule has 4 nitrogen and oxygen atoms in total. The van der Waals surface area contributed by atoms with Crippen LogP contribution in [0.25, 0.3) is 0 Å². The van der Waals surface area contributed by atoms with Crippen molar-refractivity contribution < 1.29 is 9.53 Å². The van der Waals surface area contributed by atoms with Gasteiger partial charge in [0.25, 0.3) is 0 Å². The van der Waals surface area contributed by atoms with Gasteiger partial charge in [-0.05, 0) is 43.7 Å². The van der Waals surface area contributed by atoms with Crippen LogP contribution in [0.1, 0.15) is 51.5 Å². The molecule has 142 valence electrons. The molecule has 1 aromatic carbocycles. The van der Waals surface area contributed by atoms with Gasteiger partial charge in [0, 0.05) is 22.4 Å². The number of thioether (sulfide) groups is 1. The third-order valence-electron chi connectivity index (χ3n) is 3.47. The summed E-state index contributed by atoms with van der Waals surface area (Å²) in [5.41, 5.74) is 0.256. The Bertz CT molecular complexity index is 742. The smallest absolute Gasteiger partial charge is 0.331 e. The Morgan fingerprint density at radius 3 is 2.46 bits per heavy atom. The first-order chi connectivity index (χ1) is 12.1. The van der Waals surface area contributed by atoms with Crippen LogP contribution >= 0.6 is 35.0 Å². The van der Waals surface area contributed by atoms with Gasteiger partial charge in [-0.15, -0.1) is 11.8 Å². The molecule has 2 atom stereocenters. The van der Waals surface area contributed by atoms with Gasteiger partial charge >= 0.3 is 5.97 Å². The van der Waals surface area contributed by atoms with E-state index >= 15 is 0 Å². The highest BCUT2D eigenvalue weighted by molar-refractivity contribution is 8.00. The van der Waals surface area contributed by atoms with Crippen LogP contribution in [0, 0.1) is 0 Å². The average Bonchev–Trinajstić information content (AvgIpc) is 2.98. The molecule has 0 aliphatic heterocycles. The van der Waals surface area contributed by atoms with Crippen molar-refractivity contribution >= 4 is 40.9 Å². The third-order valence-corrected chi connectivity index (χ3v) is 5.38. The van der Waals surface area contributed by atoms with Gasteiger partial charge in [0.1, 0.15) is 11.6 Å². The lowest BCUT2D eigenvalue weighted by atomic mass is 10.0. The van der Waals surface area contributed by atoms with E-state index < -0.39 is 11.6 Å². The van der Waals surface area contributed by atoms with E-state index in [0.29, 0.717) is 10.0 Å². The van der Waals surface area contributed by atoms with Crippen LogP contribution in [0.2, 0.25) is 10.0 Å². The number of carbonyl (C=O) groups is 1. The largest absolute Gasteiger partial charge is 0.458 e. The summed E-state index contributed by atoms with van der Waals surface area (Å²) in [7, 11) is 0. The minimum Gasteiger partial charge on any atom is -0.458 e. The molecule has 0 amide bonds. The van der Waals surface area contributed by atoms with Crippen molar-refractivity contribution in [3.63, 3.8) is 0 Å². The summed E-state index contributed by atoms with van der Waals surface area (Å²) in [6.45, 7) is 9.74. The average molecular weight is 415 g/mol. The summed E-state index contributed by atoms with van der Waals surface area (Å²) in [6.07, 6.45) is 5.05. The maximum Gasteiger partial charge on any atom is 0.331 e.